The fourth-order valence-electron chi connectivity index (χ4n) is 5.30. The molecule has 39 heavy (non-hydrogen) atoms. The molecule has 12 heteroatoms. The molecule has 0 saturated carbocycles. The lowest BCUT2D eigenvalue weighted by Gasteiger charge is -2.40. The van der Waals surface area contributed by atoms with Gasteiger partial charge in [0, 0.05) is 37.6 Å². The highest BCUT2D eigenvalue weighted by atomic mass is 35.5. The van der Waals surface area contributed by atoms with E-state index in [0.29, 0.717) is 13.0 Å². The molecule has 2 aromatic rings. The molecule has 1 aliphatic heterocycles. The minimum atomic E-state index is -1.90. The van der Waals surface area contributed by atoms with Crippen LogP contribution in [0.3, 0.4) is 0 Å². The summed E-state index contributed by atoms with van der Waals surface area (Å²) in [5.74, 6) is -2.81. The predicted molar refractivity (Wildman–Crippen MR) is 146 cm³/mol. The van der Waals surface area contributed by atoms with Crippen molar-refractivity contribution in [1.82, 2.24) is 6.15 Å². The first-order chi connectivity index (χ1) is 16.7. The Bertz CT molecular complexity index is 1280. The molecule has 11 nitrogen and oxygen atoms in total. The Morgan fingerprint density at radius 1 is 1.10 bits per heavy atom. The molecule has 218 valence electrons. The van der Waals surface area contributed by atoms with Gasteiger partial charge in [0.05, 0.1) is 29.9 Å². The molecular formula is C27H38ClNO10. The molecule has 1 heterocycles. The van der Waals surface area contributed by atoms with E-state index in [9.17, 15) is 29.7 Å². The normalized spacial score (nSPS) is 22.8. The first-order valence-electron chi connectivity index (χ1n) is 11.6. The molecule has 0 radical (unpaired) electrons. The van der Waals surface area contributed by atoms with Crippen molar-refractivity contribution in [2.75, 3.05) is 13.7 Å². The fourth-order valence-corrected chi connectivity index (χ4v) is 5.30. The van der Waals surface area contributed by atoms with Gasteiger partial charge < -0.3 is 41.2 Å². The van der Waals surface area contributed by atoms with E-state index in [-0.39, 0.29) is 84.9 Å². The van der Waals surface area contributed by atoms with E-state index in [2.05, 4.69) is 0 Å². The highest BCUT2D eigenvalue weighted by Crippen LogP contribution is 2.52. The van der Waals surface area contributed by atoms with E-state index in [1.54, 1.807) is 6.07 Å². The summed E-state index contributed by atoms with van der Waals surface area (Å²) in [7, 11) is 1.36. The van der Waals surface area contributed by atoms with Gasteiger partial charge in [-0.15, -0.1) is 12.4 Å². The number of fused-ring (bicyclic) bond motifs is 3. The van der Waals surface area contributed by atoms with Crippen LogP contribution in [0.5, 0.6) is 17.2 Å². The second kappa shape index (κ2) is 12.4. The maximum Gasteiger partial charge on any atom is 0.202 e. The van der Waals surface area contributed by atoms with Crippen LogP contribution in [-0.4, -0.2) is 63.8 Å². The Hall–Kier alpha value is -3.06. The lowest BCUT2D eigenvalue weighted by atomic mass is 9.72. The van der Waals surface area contributed by atoms with Crippen LogP contribution in [0.25, 0.3) is 0 Å². The Balaban J connectivity index is 0.00000304. The average Bonchev–Trinajstić information content (AvgIpc) is 2.84. The summed E-state index contributed by atoms with van der Waals surface area (Å²) in [6, 6.07) is 4.52. The van der Waals surface area contributed by atoms with Gasteiger partial charge in [-0.2, -0.15) is 0 Å². The van der Waals surface area contributed by atoms with Crippen LogP contribution in [-0.2, 0) is 20.7 Å². The molecule has 1 unspecified atom stereocenters. The van der Waals surface area contributed by atoms with Crippen molar-refractivity contribution >= 4 is 29.8 Å². The number of hydrogen-bond donors (Lipinski definition) is 4. The summed E-state index contributed by atoms with van der Waals surface area (Å²) < 4.78 is 17.0. The number of rotatable bonds is 4. The number of carbonyl (C=O) groups is 3. The quantitative estimate of drug-likeness (QED) is 0.335. The van der Waals surface area contributed by atoms with Crippen LogP contribution in [0, 0.1) is 0 Å². The Morgan fingerprint density at radius 3 is 2.36 bits per heavy atom. The number of phenolic OH excluding ortho intramolecular Hbond substituents is 2. The predicted octanol–water partition coefficient (Wildman–Crippen LogP) is 3.37. The van der Waals surface area contributed by atoms with Gasteiger partial charge in [-0.3, -0.25) is 14.4 Å². The molecular weight excluding hydrogens is 534 g/mol. The second-order valence-electron chi connectivity index (χ2n) is 9.27. The summed E-state index contributed by atoms with van der Waals surface area (Å²) in [4.78, 5) is 39.4. The number of benzene rings is 2. The molecule has 1 saturated heterocycles. The zero-order valence-corrected chi connectivity index (χ0v) is 21.9. The van der Waals surface area contributed by atoms with E-state index < -0.39 is 46.8 Å². The molecule has 8 N–H and O–H groups in total. The molecule has 0 aromatic heterocycles. The van der Waals surface area contributed by atoms with Crippen LogP contribution in [0.2, 0.25) is 0 Å². The van der Waals surface area contributed by atoms with Crippen molar-refractivity contribution in [3.63, 3.8) is 0 Å². The molecule has 0 spiro atoms. The van der Waals surface area contributed by atoms with Crippen LogP contribution in [0.15, 0.2) is 18.2 Å². The van der Waals surface area contributed by atoms with Crippen molar-refractivity contribution in [2.24, 2.45) is 0 Å². The topological polar surface area (TPSA) is 206 Å². The van der Waals surface area contributed by atoms with E-state index in [4.69, 9.17) is 14.2 Å². The zero-order valence-electron chi connectivity index (χ0n) is 21.0. The zero-order chi connectivity index (χ0) is 25.1. The lowest BCUT2D eigenvalue weighted by molar-refractivity contribution is -0.203. The Kier molecular flexibility index (Phi) is 10.8. The standard InChI is InChI=1S/C26H26O9.CH4.ClH.H3N.H2O.H2/c1-12(27)26(32)10-14-19(16(11-26)35-17-8-3-4-9-34-17)25(31)21-20(23(14)29)22(28)13-6-5-7-15(33-2)18(13)24(21)30;;;;;/h5-7,16-17,29,31-32H,3-4,8-11H2,1-2H3;1H4;1H;1H3;1H2;1H/t16-,17?,26-;;;;;/m0...../s1. The van der Waals surface area contributed by atoms with E-state index in [0.717, 1.165) is 12.8 Å². The molecule has 2 aromatic carbocycles. The number of aliphatic hydroxyl groups is 1. The number of halogens is 1. The van der Waals surface area contributed by atoms with E-state index in [1.165, 1.54) is 26.2 Å². The molecule has 3 aliphatic rings. The number of methoxy groups -OCH3 is 1. The molecule has 2 aliphatic carbocycles. The summed E-state index contributed by atoms with van der Waals surface area (Å²) in [6.07, 6.45) is 0.0395. The number of ether oxygens (including phenoxy) is 3. The highest BCUT2D eigenvalue weighted by molar-refractivity contribution is 6.31. The number of ketones is 3. The number of hydrogen-bond acceptors (Lipinski definition) is 10. The van der Waals surface area contributed by atoms with Gasteiger partial charge in [-0.05, 0) is 32.3 Å². The monoisotopic (exact) mass is 571 g/mol. The van der Waals surface area contributed by atoms with Crippen LogP contribution in [0.4, 0.5) is 0 Å². The minimum Gasteiger partial charge on any atom is -0.507 e. The van der Waals surface area contributed by atoms with E-state index >= 15 is 0 Å². The Labute approximate surface area is 233 Å². The third kappa shape index (κ3) is 5.25. The van der Waals surface area contributed by atoms with Crippen molar-refractivity contribution in [3.8, 4) is 17.2 Å². The molecule has 3 atom stereocenters. The van der Waals surface area contributed by atoms with Gasteiger partial charge in [-0.25, -0.2) is 0 Å². The molecule has 5 rings (SSSR count). The van der Waals surface area contributed by atoms with Crippen molar-refractivity contribution in [2.45, 2.75) is 64.4 Å². The smallest absolute Gasteiger partial charge is 0.202 e. The van der Waals surface area contributed by atoms with Crippen molar-refractivity contribution in [3.05, 3.63) is 51.6 Å². The van der Waals surface area contributed by atoms with Crippen molar-refractivity contribution in [1.29, 1.82) is 0 Å². The second-order valence-corrected chi connectivity index (χ2v) is 9.27. The molecule has 0 amide bonds. The number of aromatic hydroxyl groups is 2. The highest BCUT2D eigenvalue weighted by Gasteiger charge is 2.48. The largest absolute Gasteiger partial charge is 0.507 e. The third-order valence-corrected chi connectivity index (χ3v) is 7.19. The fraction of sp³-hybridized carbons (Fsp3) is 0.444. The summed E-state index contributed by atoms with van der Waals surface area (Å²) in [5.41, 5.74) is -2.53. The minimum absolute atomic E-state index is 0. The summed E-state index contributed by atoms with van der Waals surface area (Å²) in [5, 5.41) is 33.8. The summed E-state index contributed by atoms with van der Waals surface area (Å²) in [6.45, 7) is 1.71. The van der Waals surface area contributed by atoms with Gasteiger partial charge in [-0.1, -0.05) is 19.6 Å². The van der Waals surface area contributed by atoms with Crippen LogP contribution in [0.1, 0.15) is 90.5 Å². The molecule has 0 bridgehead atoms. The Morgan fingerprint density at radius 2 is 1.77 bits per heavy atom. The van der Waals surface area contributed by atoms with Gasteiger partial charge in [0.2, 0.25) is 5.78 Å². The van der Waals surface area contributed by atoms with Crippen LogP contribution < -0.4 is 10.9 Å². The molecule has 1 fully saturated rings. The number of phenols is 2. The van der Waals surface area contributed by atoms with Gasteiger partial charge in [0.15, 0.2) is 17.9 Å². The van der Waals surface area contributed by atoms with Gasteiger partial charge in [0.25, 0.3) is 0 Å². The van der Waals surface area contributed by atoms with Gasteiger partial charge >= 0.3 is 0 Å². The first-order valence-corrected chi connectivity index (χ1v) is 11.6. The summed E-state index contributed by atoms with van der Waals surface area (Å²) >= 11 is 0. The van der Waals surface area contributed by atoms with Crippen LogP contribution >= 0.6 is 12.4 Å². The maximum atomic E-state index is 13.6. The van der Waals surface area contributed by atoms with E-state index in [1.807, 2.05) is 0 Å². The maximum absolute atomic E-state index is 13.6. The number of Topliss-reactive ketones (excluding diaryl/α,β-unsaturated/α-hetero) is 1. The first kappa shape index (κ1) is 34.0. The average molecular weight is 572 g/mol. The SMILES string of the molecule is C.COc1cccc2c1C(=O)c1c(O)c3c(c(O)c1C2=O)C[C@@](O)(C(C)=O)C[C@@H]3OC1CCCCO1.Cl.N.O.[HH]. The number of carbonyl (C=O) groups excluding carboxylic acids is 3. The third-order valence-electron chi connectivity index (χ3n) is 7.19. The lowest BCUT2D eigenvalue weighted by Crippen LogP contribution is -2.45. The van der Waals surface area contributed by atoms with Gasteiger partial charge in [0.1, 0.15) is 22.8 Å². The van der Waals surface area contributed by atoms with Crippen molar-refractivity contribution < 1.29 is 50.8 Å².